The minimum absolute atomic E-state index is 0.0356. The largest absolute Gasteiger partial charge is 0.457 e. The molecular formula is C32H33F3O3. The molecule has 0 spiro atoms. The fourth-order valence-electron chi connectivity index (χ4n) is 8.15. The number of allylic oxidation sites excluding steroid dienone is 4. The van der Waals surface area contributed by atoms with Gasteiger partial charge in [0.2, 0.25) is 0 Å². The van der Waals surface area contributed by atoms with Gasteiger partial charge in [0.15, 0.2) is 17.3 Å². The third-order valence-electron chi connectivity index (χ3n) is 9.86. The summed E-state index contributed by atoms with van der Waals surface area (Å²) in [5.74, 6) is 3.98. The number of hydrogen-bond donors (Lipinski definition) is 0. The van der Waals surface area contributed by atoms with Gasteiger partial charge in [-0.05, 0) is 85.5 Å². The third kappa shape index (κ3) is 4.19. The molecule has 0 heterocycles. The van der Waals surface area contributed by atoms with E-state index in [0.29, 0.717) is 37.7 Å². The highest BCUT2D eigenvalue weighted by molar-refractivity contribution is 5.94. The van der Waals surface area contributed by atoms with Crippen LogP contribution in [0.5, 0.6) is 0 Å². The molecule has 0 saturated heterocycles. The van der Waals surface area contributed by atoms with E-state index in [0.717, 1.165) is 24.0 Å². The molecular weight excluding hydrogens is 489 g/mol. The molecule has 0 unspecified atom stereocenters. The standard InChI is InChI=1S/C32H33F3O3/c1-4-28(38)31(15-16-32(33,34)35)14-13-27-25-11-9-22-17-23(37)10-12-24(22)29(25)26(18-30(27,31)3)21-7-5-20(6-8-21)19(2)36/h5-8,17,25-27H,4,9-14,18H2,1-3H3/t25-,26+,27-,30-,31+/m0/s1. The molecule has 38 heavy (non-hydrogen) atoms. The Morgan fingerprint density at radius 2 is 1.79 bits per heavy atom. The van der Waals surface area contributed by atoms with E-state index in [1.807, 2.05) is 19.1 Å². The third-order valence-corrected chi connectivity index (χ3v) is 9.86. The summed E-state index contributed by atoms with van der Waals surface area (Å²) in [4.78, 5) is 37.7. The topological polar surface area (TPSA) is 51.2 Å². The average Bonchev–Trinajstić information content (AvgIpc) is 3.18. The number of rotatable bonds is 4. The van der Waals surface area contributed by atoms with Crippen molar-refractivity contribution in [1.29, 1.82) is 0 Å². The fourth-order valence-corrected chi connectivity index (χ4v) is 8.15. The van der Waals surface area contributed by atoms with E-state index >= 15 is 0 Å². The first-order valence-corrected chi connectivity index (χ1v) is 13.6. The minimum atomic E-state index is -4.67. The number of carbonyl (C=O) groups excluding carboxylic acids is 3. The fraction of sp³-hybridized carbons (Fsp3) is 0.531. The lowest BCUT2D eigenvalue weighted by molar-refractivity contribution is -0.132. The van der Waals surface area contributed by atoms with Crippen LogP contribution in [-0.2, 0) is 9.59 Å². The molecule has 4 aliphatic carbocycles. The van der Waals surface area contributed by atoms with E-state index < -0.39 is 17.0 Å². The first-order valence-electron chi connectivity index (χ1n) is 13.6. The molecule has 4 aliphatic rings. The number of ketones is 3. The van der Waals surface area contributed by atoms with Crippen LogP contribution >= 0.6 is 0 Å². The first kappa shape index (κ1) is 26.7. The Hall–Kier alpha value is -2.94. The number of hydrogen-bond acceptors (Lipinski definition) is 3. The summed E-state index contributed by atoms with van der Waals surface area (Å²) in [5.41, 5.74) is 3.11. The number of carbonyl (C=O) groups is 3. The Morgan fingerprint density at radius 3 is 2.42 bits per heavy atom. The maximum atomic E-state index is 13.5. The zero-order chi connectivity index (χ0) is 27.5. The van der Waals surface area contributed by atoms with Crippen LogP contribution in [0.3, 0.4) is 0 Å². The van der Waals surface area contributed by atoms with Crippen molar-refractivity contribution in [3.8, 4) is 11.8 Å². The van der Waals surface area contributed by atoms with Gasteiger partial charge in [0, 0.05) is 30.2 Å². The molecule has 6 heteroatoms. The molecule has 0 N–H and O–H groups in total. The van der Waals surface area contributed by atoms with Crippen molar-refractivity contribution in [2.45, 2.75) is 84.2 Å². The number of alkyl halides is 3. The molecule has 2 saturated carbocycles. The van der Waals surface area contributed by atoms with Crippen LogP contribution in [0.25, 0.3) is 0 Å². The Bertz CT molecular complexity index is 1320. The van der Waals surface area contributed by atoms with Crippen molar-refractivity contribution in [3.05, 3.63) is 58.2 Å². The monoisotopic (exact) mass is 522 g/mol. The second kappa shape index (κ2) is 9.36. The van der Waals surface area contributed by atoms with Crippen molar-refractivity contribution >= 4 is 17.3 Å². The van der Waals surface area contributed by atoms with Gasteiger partial charge in [0.1, 0.15) is 0 Å². The van der Waals surface area contributed by atoms with E-state index in [9.17, 15) is 27.6 Å². The molecule has 200 valence electrons. The second-order valence-corrected chi connectivity index (χ2v) is 11.6. The first-order chi connectivity index (χ1) is 17.9. The SMILES string of the molecule is CCC(=O)[C@]1(C#CC(F)(F)F)CC[C@H]2[C@@H]3CCC4=CC(=O)CCC4=C3[C@@H](c3ccc(C(C)=O)cc3)C[C@@]21C. The number of Topliss-reactive ketones (excluding diaryl/α,β-unsaturated/α-hetero) is 2. The molecule has 3 nitrogen and oxygen atoms in total. The van der Waals surface area contributed by atoms with Crippen LogP contribution < -0.4 is 0 Å². The minimum Gasteiger partial charge on any atom is -0.298 e. The summed E-state index contributed by atoms with van der Waals surface area (Å²) < 4.78 is 40.1. The molecule has 0 amide bonds. The summed E-state index contributed by atoms with van der Waals surface area (Å²) in [5, 5.41) is 0. The predicted molar refractivity (Wildman–Crippen MR) is 138 cm³/mol. The van der Waals surface area contributed by atoms with Gasteiger partial charge in [0.25, 0.3) is 0 Å². The van der Waals surface area contributed by atoms with Crippen molar-refractivity contribution in [2.24, 2.45) is 22.7 Å². The molecule has 1 aromatic rings. The van der Waals surface area contributed by atoms with Crippen LogP contribution in [-0.4, -0.2) is 23.5 Å². The maximum Gasteiger partial charge on any atom is 0.457 e. The van der Waals surface area contributed by atoms with Crippen LogP contribution in [0, 0.1) is 34.5 Å². The molecule has 0 bridgehead atoms. The van der Waals surface area contributed by atoms with Gasteiger partial charge in [-0.2, -0.15) is 13.2 Å². The average molecular weight is 523 g/mol. The lowest BCUT2D eigenvalue weighted by Crippen LogP contribution is -2.50. The quantitative estimate of drug-likeness (QED) is 0.308. The van der Waals surface area contributed by atoms with Gasteiger partial charge in [-0.1, -0.05) is 49.6 Å². The Balaban J connectivity index is 1.71. The predicted octanol–water partition coefficient (Wildman–Crippen LogP) is 7.32. The van der Waals surface area contributed by atoms with E-state index in [1.165, 1.54) is 24.0 Å². The normalized spacial score (nSPS) is 32.4. The Morgan fingerprint density at radius 1 is 1.08 bits per heavy atom. The van der Waals surface area contributed by atoms with Gasteiger partial charge in [-0.3, -0.25) is 14.4 Å². The van der Waals surface area contributed by atoms with Crippen LogP contribution in [0.2, 0.25) is 0 Å². The summed E-state index contributed by atoms with van der Waals surface area (Å²) in [6.45, 7) is 5.22. The van der Waals surface area contributed by atoms with Gasteiger partial charge in [-0.15, -0.1) is 0 Å². The van der Waals surface area contributed by atoms with Crippen molar-refractivity contribution in [3.63, 3.8) is 0 Å². The van der Waals surface area contributed by atoms with Gasteiger partial charge in [0.05, 0.1) is 5.41 Å². The smallest absolute Gasteiger partial charge is 0.298 e. The van der Waals surface area contributed by atoms with Crippen LogP contribution in [0.4, 0.5) is 13.2 Å². The maximum absolute atomic E-state index is 13.5. The lowest BCUT2D eigenvalue weighted by atomic mass is 9.48. The van der Waals surface area contributed by atoms with E-state index in [4.69, 9.17) is 0 Å². The number of halogens is 3. The van der Waals surface area contributed by atoms with Crippen molar-refractivity contribution < 1.29 is 27.6 Å². The highest BCUT2D eigenvalue weighted by Gasteiger charge is 2.65. The van der Waals surface area contributed by atoms with E-state index in [1.54, 1.807) is 25.1 Å². The summed E-state index contributed by atoms with van der Waals surface area (Å²) in [6, 6.07) is 7.50. The van der Waals surface area contributed by atoms with Crippen molar-refractivity contribution in [2.75, 3.05) is 0 Å². The summed E-state index contributed by atoms with van der Waals surface area (Å²) in [6.07, 6.45) is 1.45. The molecule has 0 radical (unpaired) electrons. The van der Waals surface area contributed by atoms with E-state index in [-0.39, 0.29) is 41.5 Å². The zero-order valence-corrected chi connectivity index (χ0v) is 22.1. The van der Waals surface area contributed by atoms with Gasteiger partial charge < -0.3 is 0 Å². The lowest BCUT2D eigenvalue weighted by Gasteiger charge is -2.54. The molecule has 5 rings (SSSR count). The highest BCUT2D eigenvalue weighted by atomic mass is 19.4. The number of fused-ring (bicyclic) bond motifs is 4. The summed E-state index contributed by atoms with van der Waals surface area (Å²) >= 11 is 0. The zero-order valence-electron chi connectivity index (χ0n) is 22.1. The molecule has 0 aromatic heterocycles. The van der Waals surface area contributed by atoms with E-state index in [2.05, 4.69) is 5.92 Å². The second-order valence-electron chi connectivity index (χ2n) is 11.6. The Labute approximate surface area is 221 Å². The molecule has 2 fully saturated rings. The molecule has 1 aromatic carbocycles. The van der Waals surface area contributed by atoms with Gasteiger partial charge in [-0.25, -0.2) is 0 Å². The van der Waals surface area contributed by atoms with Crippen molar-refractivity contribution in [1.82, 2.24) is 0 Å². The number of benzene rings is 1. The highest BCUT2D eigenvalue weighted by Crippen LogP contribution is 2.69. The van der Waals surface area contributed by atoms with Crippen LogP contribution in [0.1, 0.15) is 94.0 Å². The van der Waals surface area contributed by atoms with Crippen LogP contribution in [0.15, 0.2) is 47.1 Å². The molecule has 0 aliphatic heterocycles. The summed E-state index contributed by atoms with van der Waals surface area (Å²) in [7, 11) is 0. The Kier molecular flexibility index (Phi) is 6.57. The molecule has 5 atom stereocenters. The van der Waals surface area contributed by atoms with Gasteiger partial charge >= 0.3 is 6.18 Å².